The van der Waals surface area contributed by atoms with Gasteiger partial charge in [-0.05, 0) is 12.3 Å². The Hall–Kier alpha value is -0.650. The molecule has 0 aromatic carbocycles. The molecule has 0 aliphatic rings. The standard InChI is InChI=1S/C15H31NO4/c1-13(2)5-7-18-9-11-20-12-10-19-8-6-16-15(17)14(3)4/h13-14H,5-12H2,1-4H3,(H,16,17). The molecule has 0 aromatic rings. The minimum Gasteiger partial charge on any atom is -0.379 e. The van der Waals surface area contributed by atoms with Crippen molar-refractivity contribution in [2.75, 3.05) is 46.2 Å². The predicted octanol–water partition coefficient (Wildman–Crippen LogP) is 1.85. The summed E-state index contributed by atoms with van der Waals surface area (Å²) in [5, 5.41) is 2.79. The van der Waals surface area contributed by atoms with Gasteiger partial charge < -0.3 is 19.5 Å². The van der Waals surface area contributed by atoms with Crippen molar-refractivity contribution >= 4 is 5.91 Å². The molecule has 0 unspecified atom stereocenters. The molecule has 0 bridgehead atoms. The molecular weight excluding hydrogens is 258 g/mol. The largest absolute Gasteiger partial charge is 0.379 e. The Bertz CT molecular complexity index is 232. The molecular formula is C15H31NO4. The van der Waals surface area contributed by atoms with E-state index < -0.39 is 0 Å². The lowest BCUT2D eigenvalue weighted by atomic mass is 10.1. The summed E-state index contributed by atoms with van der Waals surface area (Å²) in [7, 11) is 0. The van der Waals surface area contributed by atoms with Gasteiger partial charge in [-0.3, -0.25) is 4.79 Å². The second-order valence-corrected chi connectivity index (χ2v) is 5.47. The first kappa shape index (κ1) is 19.4. The van der Waals surface area contributed by atoms with Crippen LogP contribution in [0.2, 0.25) is 0 Å². The summed E-state index contributed by atoms with van der Waals surface area (Å²) in [5.74, 6) is 0.762. The van der Waals surface area contributed by atoms with Crippen molar-refractivity contribution in [1.82, 2.24) is 5.32 Å². The van der Waals surface area contributed by atoms with E-state index in [4.69, 9.17) is 14.2 Å². The lowest BCUT2D eigenvalue weighted by Crippen LogP contribution is -2.31. The molecule has 5 heteroatoms. The monoisotopic (exact) mass is 289 g/mol. The molecule has 1 N–H and O–H groups in total. The van der Waals surface area contributed by atoms with Crippen molar-refractivity contribution in [2.24, 2.45) is 11.8 Å². The van der Waals surface area contributed by atoms with Gasteiger partial charge in [-0.25, -0.2) is 0 Å². The zero-order chi connectivity index (χ0) is 15.2. The van der Waals surface area contributed by atoms with Gasteiger partial charge in [0, 0.05) is 19.1 Å². The van der Waals surface area contributed by atoms with Gasteiger partial charge in [0.1, 0.15) is 0 Å². The fourth-order valence-corrected chi connectivity index (χ4v) is 1.31. The van der Waals surface area contributed by atoms with Crippen LogP contribution in [0.1, 0.15) is 34.1 Å². The predicted molar refractivity (Wildman–Crippen MR) is 79.8 cm³/mol. The molecule has 0 aliphatic carbocycles. The lowest BCUT2D eigenvalue weighted by Gasteiger charge is -2.09. The fraction of sp³-hybridized carbons (Fsp3) is 0.933. The highest BCUT2D eigenvalue weighted by Crippen LogP contribution is 1.98. The lowest BCUT2D eigenvalue weighted by molar-refractivity contribution is -0.124. The summed E-state index contributed by atoms with van der Waals surface area (Å²) in [6.45, 7) is 12.3. The van der Waals surface area contributed by atoms with Crippen LogP contribution in [0.5, 0.6) is 0 Å². The summed E-state index contributed by atoms with van der Waals surface area (Å²) >= 11 is 0. The van der Waals surface area contributed by atoms with E-state index in [0.717, 1.165) is 13.0 Å². The molecule has 120 valence electrons. The number of rotatable bonds is 13. The molecule has 0 saturated heterocycles. The molecule has 0 fully saturated rings. The average Bonchev–Trinajstić information content (AvgIpc) is 2.39. The summed E-state index contributed by atoms with van der Waals surface area (Å²) in [6.07, 6.45) is 1.09. The number of hydrogen-bond donors (Lipinski definition) is 1. The van der Waals surface area contributed by atoms with E-state index in [9.17, 15) is 4.79 Å². The molecule has 1 amide bonds. The Morgan fingerprint density at radius 2 is 1.35 bits per heavy atom. The van der Waals surface area contributed by atoms with Crippen LogP contribution in [-0.2, 0) is 19.0 Å². The first-order valence-corrected chi connectivity index (χ1v) is 7.55. The highest BCUT2D eigenvalue weighted by Gasteiger charge is 2.04. The highest BCUT2D eigenvalue weighted by molar-refractivity contribution is 5.77. The Morgan fingerprint density at radius 3 is 1.85 bits per heavy atom. The maximum atomic E-state index is 11.2. The Balaban J connectivity index is 3.08. The second-order valence-electron chi connectivity index (χ2n) is 5.47. The third-order valence-corrected chi connectivity index (χ3v) is 2.65. The zero-order valence-electron chi connectivity index (χ0n) is 13.4. The van der Waals surface area contributed by atoms with Gasteiger partial charge in [-0.1, -0.05) is 27.7 Å². The van der Waals surface area contributed by atoms with E-state index >= 15 is 0 Å². The van der Waals surface area contributed by atoms with E-state index in [1.165, 1.54) is 0 Å². The smallest absolute Gasteiger partial charge is 0.222 e. The number of carbonyl (C=O) groups excluding carboxylic acids is 1. The second kappa shape index (κ2) is 13.3. The van der Waals surface area contributed by atoms with Crippen molar-refractivity contribution in [1.29, 1.82) is 0 Å². The normalized spacial score (nSPS) is 11.3. The molecule has 5 nitrogen and oxygen atoms in total. The molecule has 0 heterocycles. The van der Waals surface area contributed by atoms with Crippen LogP contribution in [0.15, 0.2) is 0 Å². The van der Waals surface area contributed by atoms with Crippen LogP contribution in [0, 0.1) is 11.8 Å². The van der Waals surface area contributed by atoms with Gasteiger partial charge in [-0.2, -0.15) is 0 Å². The number of carbonyl (C=O) groups is 1. The summed E-state index contributed by atoms with van der Waals surface area (Å²) in [4.78, 5) is 11.2. The molecule has 0 radical (unpaired) electrons. The van der Waals surface area contributed by atoms with E-state index in [-0.39, 0.29) is 11.8 Å². The number of nitrogens with one attached hydrogen (secondary N) is 1. The molecule has 0 rings (SSSR count). The van der Waals surface area contributed by atoms with Crippen LogP contribution in [-0.4, -0.2) is 52.1 Å². The average molecular weight is 289 g/mol. The van der Waals surface area contributed by atoms with Crippen LogP contribution in [0.4, 0.5) is 0 Å². The van der Waals surface area contributed by atoms with Gasteiger partial charge in [0.25, 0.3) is 0 Å². The van der Waals surface area contributed by atoms with E-state index in [0.29, 0.717) is 45.5 Å². The van der Waals surface area contributed by atoms with E-state index in [1.54, 1.807) is 0 Å². The van der Waals surface area contributed by atoms with Crippen LogP contribution < -0.4 is 5.32 Å². The maximum absolute atomic E-state index is 11.2. The number of amides is 1. The third kappa shape index (κ3) is 13.8. The van der Waals surface area contributed by atoms with Gasteiger partial charge in [0.05, 0.1) is 33.0 Å². The van der Waals surface area contributed by atoms with Crippen molar-refractivity contribution in [3.05, 3.63) is 0 Å². The molecule has 0 saturated carbocycles. The van der Waals surface area contributed by atoms with Gasteiger partial charge in [0.15, 0.2) is 0 Å². The number of ether oxygens (including phenoxy) is 3. The molecule has 0 atom stereocenters. The molecule has 0 aromatic heterocycles. The fourth-order valence-electron chi connectivity index (χ4n) is 1.31. The van der Waals surface area contributed by atoms with Gasteiger partial charge in [0.2, 0.25) is 5.91 Å². The van der Waals surface area contributed by atoms with E-state index in [1.807, 2.05) is 13.8 Å². The number of hydrogen-bond acceptors (Lipinski definition) is 4. The minimum atomic E-state index is 0.0222. The Labute approximate surface area is 123 Å². The third-order valence-electron chi connectivity index (χ3n) is 2.65. The first-order chi connectivity index (χ1) is 9.54. The van der Waals surface area contributed by atoms with Gasteiger partial charge >= 0.3 is 0 Å². The van der Waals surface area contributed by atoms with Crippen molar-refractivity contribution in [3.8, 4) is 0 Å². The molecule has 0 spiro atoms. The van der Waals surface area contributed by atoms with Crippen molar-refractivity contribution in [3.63, 3.8) is 0 Å². The van der Waals surface area contributed by atoms with Crippen LogP contribution >= 0.6 is 0 Å². The topological polar surface area (TPSA) is 56.8 Å². The van der Waals surface area contributed by atoms with Crippen LogP contribution in [0.3, 0.4) is 0 Å². The highest BCUT2D eigenvalue weighted by atomic mass is 16.5. The zero-order valence-corrected chi connectivity index (χ0v) is 13.4. The van der Waals surface area contributed by atoms with Crippen molar-refractivity contribution < 1.29 is 19.0 Å². The Morgan fingerprint density at radius 1 is 0.850 bits per heavy atom. The summed E-state index contributed by atoms with van der Waals surface area (Å²) in [5.41, 5.74) is 0. The quantitative estimate of drug-likeness (QED) is 0.526. The van der Waals surface area contributed by atoms with Crippen molar-refractivity contribution in [2.45, 2.75) is 34.1 Å². The van der Waals surface area contributed by atoms with Crippen LogP contribution in [0.25, 0.3) is 0 Å². The van der Waals surface area contributed by atoms with E-state index in [2.05, 4.69) is 19.2 Å². The summed E-state index contributed by atoms with van der Waals surface area (Å²) < 4.78 is 16.1. The maximum Gasteiger partial charge on any atom is 0.222 e. The molecule has 20 heavy (non-hydrogen) atoms. The first-order valence-electron chi connectivity index (χ1n) is 7.55. The molecule has 0 aliphatic heterocycles. The minimum absolute atomic E-state index is 0.0222. The Kier molecular flexibility index (Phi) is 12.9. The SMILES string of the molecule is CC(C)CCOCCOCCOCCNC(=O)C(C)C. The summed E-state index contributed by atoms with van der Waals surface area (Å²) in [6, 6.07) is 0. The van der Waals surface area contributed by atoms with Gasteiger partial charge in [-0.15, -0.1) is 0 Å².